The normalized spacial score (nSPS) is 11.1. The Balaban J connectivity index is 2.36. The van der Waals surface area contributed by atoms with E-state index < -0.39 is 24.0 Å². The second-order valence-electron chi connectivity index (χ2n) is 5.30. The predicted molar refractivity (Wildman–Crippen MR) is 88.5 cm³/mol. The number of carbonyl (C=O) groups is 4. The number of ether oxygens (including phenoxy) is 2. The monoisotopic (exact) mass is 350 g/mol. The van der Waals surface area contributed by atoms with Crippen LogP contribution in [0.15, 0.2) is 30.3 Å². The van der Waals surface area contributed by atoms with E-state index in [1.807, 2.05) is 18.2 Å². The summed E-state index contributed by atoms with van der Waals surface area (Å²) in [6.07, 6.45) is -0.490. The average molecular weight is 350 g/mol. The summed E-state index contributed by atoms with van der Waals surface area (Å²) in [5.41, 5.74) is 0.817. The minimum absolute atomic E-state index is 0.0810. The summed E-state index contributed by atoms with van der Waals surface area (Å²) in [6, 6.07) is 8.14. The lowest BCUT2D eigenvalue weighted by molar-refractivity contribution is -0.145. The van der Waals surface area contributed by atoms with Gasteiger partial charge in [-0.15, -0.1) is 0 Å². The molecular weight excluding hydrogens is 328 g/mol. The second kappa shape index (κ2) is 10.8. The Kier molecular flexibility index (Phi) is 8.70. The number of hydrogen-bond donors (Lipinski definition) is 2. The summed E-state index contributed by atoms with van der Waals surface area (Å²) in [7, 11) is 1.19. The van der Waals surface area contributed by atoms with Crippen molar-refractivity contribution >= 4 is 23.8 Å². The second-order valence-corrected chi connectivity index (χ2v) is 5.30. The molecule has 0 saturated heterocycles. The maximum absolute atomic E-state index is 11.8. The molecular formula is C17H22N2O6. The van der Waals surface area contributed by atoms with Crippen molar-refractivity contribution < 1.29 is 28.7 Å². The van der Waals surface area contributed by atoms with Crippen molar-refractivity contribution in [2.45, 2.75) is 32.4 Å². The molecule has 136 valence electrons. The van der Waals surface area contributed by atoms with Gasteiger partial charge in [0.2, 0.25) is 5.91 Å². The van der Waals surface area contributed by atoms with Crippen LogP contribution in [0.2, 0.25) is 0 Å². The van der Waals surface area contributed by atoms with Crippen LogP contribution < -0.4 is 10.6 Å². The number of amides is 2. The molecule has 0 radical (unpaired) electrons. The highest BCUT2D eigenvalue weighted by molar-refractivity contribution is 5.87. The van der Waals surface area contributed by atoms with Crippen LogP contribution in [0.5, 0.6) is 0 Å². The van der Waals surface area contributed by atoms with Gasteiger partial charge in [0.1, 0.15) is 25.0 Å². The number of Topliss-reactive ketones (excluding diaryl/α,β-unsaturated/α-hetero) is 1. The molecule has 8 heteroatoms. The van der Waals surface area contributed by atoms with Crippen LogP contribution in [0.25, 0.3) is 0 Å². The molecule has 0 bridgehead atoms. The Morgan fingerprint density at radius 1 is 1.12 bits per heavy atom. The molecule has 1 rings (SSSR count). The number of nitrogens with one attached hydrogen (secondary N) is 2. The van der Waals surface area contributed by atoms with Gasteiger partial charge in [0, 0.05) is 6.42 Å². The van der Waals surface area contributed by atoms with Crippen molar-refractivity contribution in [3.8, 4) is 0 Å². The Bertz CT molecular complexity index is 602. The van der Waals surface area contributed by atoms with E-state index >= 15 is 0 Å². The van der Waals surface area contributed by atoms with E-state index in [1.165, 1.54) is 14.0 Å². The number of benzene rings is 1. The fourth-order valence-corrected chi connectivity index (χ4v) is 1.91. The fraction of sp³-hybridized carbons (Fsp3) is 0.412. The molecule has 25 heavy (non-hydrogen) atoms. The molecule has 0 aliphatic rings. The molecule has 1 aromatic rings. The van der Waals surface area contributed by atoms with Gasteiger partial charge in [0.25, 0.3) is 0 Å². The van der Waals surface area contributed by atoms with Gasteiger partial charge < -0.3 is 24.9 Å². The largest absolute Gasteiger partial charge is 0.467 e. The summed E-state index contributed by atoms with van der Waals surface area (Å²) in [5, 5.41) is 4.70. The van der Waals surface area contributed by atoms with Gasteiger partial charge in [-0.2, -0.15) is 0 Å². The highest BCUT2D eigenvalue weighted by Crippen LogP contribution is 2.01. The Morgan fingerprint density at radius 2 is 1.80 bits per heavy atom. The highest BCUT2D eigenvalue weighted by Gasteiger charge is 2.22. The molecule has 0 fully saturated rings. The third-order valence-corrected chi connectivity index (χ3v) is 3.21. The standard InChI is InChI=1S/C17H22N2O6/c1-12(20)8-9-14(16(22)24-2)19-15(21)10-18-17(23)25-11-13-6-4-3-5-7-13/h3-7,14H,8-11H2,1-2H3,(H,18,23)(H,19,21)/t14-/m0/s1. The molecule has 1 atom stereocenters. The van der Waals surface area contributed by atoms with Gasteiger partial charge in [-0.3, -0.25) is 4.79 Å². The molecule has 0 heterocycles. The van der Waals surface area contributed by atoms with E-state index in [0.29, 0.717) is 0 Å². The van der Waals surface area contributed by atoms with Gasteiger partial charge in [-0.25, -0.2) is 9.59 Å². The van der Waals surface area contributed by atoms with Crippen molar-refractivity contribution in [2.24, 2.45) is 0 Å². The van der Waals surface area contributed by atoms with Gasteiger partial charge in [0.15, 0.2) is 0 Å². The van der Waals surface area contributed by atoms with E-state index in [0.717, 1.165) is 5.56 Å². The number of methoxy groups -OCH3 is 1. The summed E-state index contributed by atoms with van der Waals surface area (Å²) < 4.78 is 9.55. The van der Waals surface area contributed by atoms with Crippen molar-refractivity contribution in [3.05, 3.63) is 35.9 Å². The number of esters is 1. The molecule has 0 aliphatic carbocycles. The minimum Gasteiger partial charge on any atom is -0.467 e. The molecule has 0 saturated carbocycles. The zero-order chi connectivity index (χ0) is 18.7. The topological polar surface area (TPSA) is 111 Å². The van der Waals surface area contributed by atoms with Crippen molar-refractivity contribution in [1.29, 1.82) is 0 Å². The Labute approximate surface area is 145 Å². The molecule has 0 aliphatic heterocycles. The molecule has 0 aromatic heterocycles. The first kappa shape index (κ1) is 20.1. The van der Waals surface area contributed by atoms with Gasteiger partial charge in [0.05, 0.1) is 7.11 Å². The lowest BCUT2D eigenvalue weighted by Crippen LogP contribution is -2.46. The number of carbonyl (C=O) groups excluding carboxylic acids is 4. The summed E-state index contributed by atoms with van der Waals surface area (Å²) in [6.45, 7) is 1.11. The van der Waals surface area contributed by atoms with E-state index in [9.17, 15) is 19.2 Å². The zero-order valence-corrected chi connectivity index (χ0v) is 14.2. The van der Waals surface area contributed by atoms with Crippen LogP contribution in [0.4, 0.5) is 4.79 Å². The number of alkyl carbamates (subject to hydrolysis) is 1. The van der Waals surface area contributed by atoms with Gasteiger partial charge >= 0.3 is 12.1 Å². The van der Waals surface area contributed by atoms with Crippen molar-refractivity contribution in [2.75, 3.05) is 13.7 Å². The number of hydrogen-bond acceptors (Lipinski definition) is 6. The Hall–Kier alpha value is -2.90. The minimum atomic E-state index is -0.941. The van der Waals surface area contributed by atoms with E-state index in [4.69, 9.17) is 4.74 Å². The molecule has 2 N–H and O–H groups in total. The van der Waals surface area contributed by atoms with Gasteiger partial charge in [-0.1, -0.05) is 30.3 Å². The maximum Gasteiger partial charge on any atom is 0.407 e. The first-order valence-corrected chi connectivity index (χ1v) is 7.73. The van der Waals surface area contributed by atoms with Crippen LogP contribution in [0.1, 0.15) is 25.3 Å². The Morgan fingerprint density at radius 3 is 2.40 bits per heavy atom. The summed E-state index contributed by atoms with van der Waals surface area (Å²) in [4.78, 5) is 46.0. The third kappa shape index (κ3) is 8.50. The summed E-state index contributed by atoms with van der Waals surface area (Å²) in [5.74, 6) is -1.34. The fourth-order valence-electron chi connectivity index (χ4n) is 1.91. The first-order chi connectivity index (χ1) is 11.9. The first-order valence-electron chi connectivity index (χ1n) is 7.73. The van der Waals surface area contributed by atoms with E-state index in [2.05, 4.69) is 15.4 Å². The third-order valence-electron chi connectivity index (χ3n) is 3.21. The maximum atomic E-state index is 11.8. The predicted octanol–water partition coefficient (Wildman–Crippen LogP) is 0.940. The van der Waals surface area contributed by atoms with Crippen LogP contribution in [0.3, 0.4) is 0 Å². The van der Waals surface area contributed by atoms with Crippen LogP contribution in [-0.4, -0.2) is 43.4 Å². The van der Waals surface area contributed by atoms with E-state index in [-0.39, 0.29) is 31.8 Å². The van der Waals surface area contributed by atoms with Crippen LogP contribution >= 0.6 is 0 Å². The number of rotatable bonds is 9. The molecule has 0 unspecified atom stereocenters. The lowest BCUT2D eigenvalue weighted by atomic mass is 10.1. The van der Waals surface area contributed by atoms with E-state index in [1.54, 1.807) is 12.1 Å². The quantitative estimate of drug-likeness (QED) is 0.641. The highest BCUT2D eigenvalue weighted by atomic mass is 16.5. The van der Waals surface area contributed by atoms with Crippen molar-refractivity contribution in [3.63, 3.8) is 0 Å². The summed E-state index contributed by atoms with van der Waals surface area (Å²) >= 11 is 0. The SMILES string of the molecule is COC(=O)[C@H](CCC(C)=O)NC(=O)CNC(=O)OCc1ccccc1. The molecule has 1 aromatic carbocycles. The number of ketones is 1. The zero-order valence-electron chi connectivity index (χ0n) is 14.2. The molecule has 8 nitrogen and oxygen atoms in total. The molecule has 0 spiro atoms. The van der Waals surface area contributed by atoms with Crippen molar-refractivity contribution in [1.82, 2.24) is 10.6 Å². The lowest BCUT2D eigenvalue weighted by Gasteiger charge is -2.16. The van der Waals surface area contributed by atoms with Crippen LogP contribution in [-0.2, 0) is 30.5 Å². The smallest absolute Gasteiger partial charge is 0.407 e. The molecule has 2 amide bonds. The van der Waals surface area contributed by atoms with Crippen LogP contribution in [0, 0.1) is 0 Å². The van der Waals surface area contributed by atoms with Gasteiger partial charge in [-0.05, 0) is 18.9 Å². The average Bonchev–Trinajstić information content (AvgIpc) is 2.61.